The van der Waals surface area contributed by atoms with E-state index < -0.39 is 11.6 Å². The minimum absolute atomic E-state index is 0.0854. The zero-order valence-electron chi connectivity index (χ0n) is 19.7. The number of carbonyl (C=O) groups excluding carboxylic acids is 1. The van der Waals surface area contributed by atoms with Gasteiger partial charge in [0.2, 0.25) is 0 Å². The van der Waals surface area contributed by atoms with Gasteiger partial charge in [-0.3, -0.25) is 4.79 Å². The lowest BCUT2D eigenvalue weighted by molar-refractivity contribution is -0.148. The van der Waals surface area contributed by atoms with Crippen molar-refractivity contribution in [3.05, 3.63) is 23.2 Å². The second kappa shape index (κ2) is 12.4. The number of nitrogens with zero attached hydrogens (tertiary/aromatic N) is 1. The van der Waals surface area contributed by atoms with Crippen molar-refractivity contribution in [2.45, 2.75) is 94.1 Å². The number of aromatic nitrogens is 1. The quantitative estimate of drug-likeness (QED) is 0.222. The predicted octanol–water partition coefficient (Wildman–Crippen LogP) is 5.95. The number of carboxylic acids is 1. The molecule has 8 heteroatoms. The number of ether oxygens (including phenoxy) is 1. The Morgan fingerprint density at radius 3 is 2.70 bits per heavy atom. The Morgan fingerprint density at radius 2 is 2.03 bits per heavy atom. The number of aromatic carboxylic acids is 1. The molecule has 4 atom stereocenters. The molecule has 2 aliphatic rings. The third-order valence-corrected chi connectivity index (χ3v) is 8.96. The van der Waals surface area contributed by atoms with E-state index in [2.05, 4.69) is 17.1 Å². The number of thioether (sulfide) groups is 1. The Morgan fingerprint density at radius 1 is 1.27 bits per heavy atom. The summed E-state index contributed by atoms with van der Waals surface area (Å²) >= 11 is 2.90. The summed E-state index contributed by atoms with van der Waals surface area (Å²) in [5.74, 6) is 0.709. The molecule has 0 spiro atoms. The highest BCUT2D eigenvalue weighted by Crippen LogP contribution is 2.40. The van der Waals surface area contributed by atoms with E-state index in [1.807, 2.05) is 6.92 Å². The number of hydrogen-bond donors (Lipinski definition) is 2. The summed E-state index contributed by atoms with van der Waals surface area (Å²) in [4.78, 5) is 26.8. The van der Waals surface area contributed by atoms with Crippen molar-refractivity contribution in [2.24, 2.45) is 17.8 Å². The van der Waals surface area contributed by atoms with Crippen molar-refractivity contribution >= 4 is 35.0 Å². The van der Waals surface area contributed by atoms with Gasteiger partial charge >= 0.3 is 11.9 Å². The first kappa shape index (κ1) is 26.2. The summed E-state index contributed by atoms with van der Waals surface area (Å²) < 4.78 is 6.37. The Hall–Kier alpha value is -1.38. The van der Waals surface area contributed by atoms with Crippen LogP contribution in [-0.4, -0.2) is 44.6 Å². The maximum atomic E-state index is 11.6. The number of rotatable bonds is 11. The first-order chi connectivity index (χ1) is 15.7. The molecule has 0 radical (unpaired) electrons. The number of hydrogen-bond acceptors (Lipinski definition) is 7. The van der Waals surface area contributed by atoms with E-state index in [0.29, 0.717) is 18.3 Å². The van der Waals surface area contributed by atoms with Gasteiger partial charge in [-0.05, 0) is 50.9 Å². The number of carbonyl (C=O) groups is 2. The van der Waals surface area contributed by atoms with Crippen LogP contribution in [0.5, 0.6) is 0 Å². The molecule has 2 fully saturated rings. The zero-order valence-corrected chi connectivity index (χ0v) is 21.3. The Balaban J connectivity index is 1.54. The van der Waals surface area contributed by atoms with Crippen molar-refractivity contribution in [1.82, 2.24) is 4.98 Å². The molecule has 2 saturated carbocycles. The second-order valence-corrected chi connectivity index (χ2v) is 12.0. The van der Waals surface area contributed by atoms with Gasteiger partial charge in [-0.15, -0.1) is 11.3 Å². The molecule has 0 amide bonds. The van der Waals surface area contributed by atoms with Crippen LogP contribution in [0.2, 0.25) is 0 Å². The van der Waals surface area contributed by atoms with Gasteiger partial charge in [0, 0.05) is 24.0 Å². The van der Waals surface area contributed by atoms with Crippen LogP contribution in [0.25, 0.3) is 0 Å². The van der Waals surface area contributed by atoms with Crippen LogP contribution >= 0.6 is 23.1 Å². The van der Waals surface area contributed by atoms with Gasteiger partial charge in [-0.2, -0.15) is 0 Å². The van der Waals surface area contributed by atoms with Crippen LogP contribution in [0.1, 0.15) is 88.5 Å². The van der Waals surface area contributed by atoms with E-state index in [-0.39, 0.29) is 23.7 Å². The second-order valence-electron chi connectivity index (χ2n) is 9.83. The number of esters is 1. The molecular weight excluding hydrogens is 458 g/mol. The highest BCUT2D eigenvalue weighted by atomic mass is 32.2. The van der Waals surface area contributed by atoms with Crippen molar-refractivity contribution in [1.29, 1.82) is 0 Å². The molecule has 3 rings (SSSR count). The maximum Gasteiger partial charge on any atom is 0.355 e. The Bertz CT molecular complexity index is 815. The van der Waals surface area contributed by atoms with E-state index in [4.69, 9.17) is 9.84 Å². The molecule has 0 aromatic carbocycles. The summed E-state index contributed by atoms with van der Waals surface area (Å²) in [5, 5.41) is 21.5. The topological polar surface area (TPSA) is 96.7 Å². The SMILES string of the molecule is CC(=O)O[C@H]1CC[C@H](/C=C/CC(C)(O)CC2CCCCC2)[C@H]1CCSc1nc(C(=O)O)cs1. The summed E-state index contributed by atoms with van der Waals surface area (Å²) in [5.41, 5.74) is -0.591. The van der Waals surface area contributed by atoms with Gasteiger partial charge in [0.05, 0.1) is 5.60 Å². The van der Waals surface area contributed by atoms with Gasteiger partial charge in [-0.1, -0.05) is 56.0 Å². The van der Waals surface area contributed by atoms with Crippen molar-refractivity contribution in [2.75, 3.05) is 5.75 Å². The summed E-state index contributed by atoms with van der Waals surface area (Å²) in [7, 11) is 0. The minimum atomic E-state index is -1.01. The Labute approximate surface area is 205 Å². The molecule has 0 saturated heterocycles. The van der Waals surface area contributed by atoms with Crippen molar-refractivity contribution in [3.8, 4) is 0 Å². The predicted molar refractivity (Wildman–Crippen MR) is 132 cm³/mol. The van der Waals surface area contributed by atoms with Gasteiger partial charge in [0.1, 0.15) is 6.10 Å². The van der Waals surface area contributed by atoms with Crippen LogP contribution in [0.15, 0.2) is 21.9 Å². The average molecular weight is 496 g/mol. The molecule has 33 heavy (non-hydrogen) atoms. The largest absolute Gasteiger partial charge is 0.476 e. The molecule has 2 aliphatic carbocycles. The minimum Gasteiger partial charge on any atom is -0.476 e. The molecule has 2 N–H and O–H groups in total. The Kier molecular flexibility index (Phi) is 9.82. The van der Waals surface area contributed by atoms with Gasteiger partial charge < -0.3 is 14.9 Å². The number of carboxylic acid groups (broad SMARTS) is 1. The molecular formula is C25H37NO5S2. The average Bonchev–Trinajstić information content (AvgIpc) is 3.36. The molecule has 1 aromatic heterocycles. The van der Waals surface area contributed by atoms with Gasteiger partial charge in [-0.25, -0.2) is 9.78 Å². The van der Waals surface area contributed by atoms with Crippen LogP contribution in [0.4, 0.5) is 0 Å². The van der Waals surface area contributed by atoms with E-state index >= 15 is 0 Å². The van der Waals surface area contributed by atoms with E-state index in [9.17, 15) is 14.7 Å². The zero-order chi connectivity index (χ0) is 23.8. The molecule has 0 aliphatic heterocycles. The maximum absolute atomic E-state index is 11.6. The van der Waals surface area contributed by atoms with Crippen molar-refractivity contribution < 1.29 is 24.5 Å². The highest BCUT2D eigenvalue weighted by Gasteiger charge is 2.36. The number of thiazole rings is 1. The number of allylic oxidation sites excluding steroid dienone is 1. The molecule has 1 aromatic rings. The fourth-order valence-electron chi connectivity index (χ4n) is 5.36. The fraction of sp³-hybridized carbons (Fsp3) is 0.720. The molecule has 1 unspecified atom stereocenters. The van der Waals surface area contributed by atoms with Gasteiger partial charge in [0.25, 0.3) is 0 Å². The number of aliphatic hydroxyl groups is 1. The van der Waals surface area contributed by atoms with Crippen molar-refractivity contribution in [3.63, 3.8) is 0 Å². The lowest BCUT2D eigenvalue weighted by Crippen LogP contribution is -2.28. The monoisotopic (exact) mass is 495 g/mol. The molecule has 184 valence electrons. The molecule has 0 bridgehead atoms. The normalized spacial score (nSPS) is 25.8. The third-order valence-electron chi connectivity index (χ3n) is 6.90. The summed E-state index contributed by atoms with van der Waals surface area (Å²) in [6.45, 7) is 3.41. The first-order valence-electron chi connectivity index (χ1n) is 12.1. The van der Waals surface area contributed by atoms with Crippen LogP contribution < -0.4 is 0 Å². The lowest BCUT2D eigenvalue weighted by atomic mass is 9.80. The van der Waals surface area contributed by atoms with E-state index in [1.54, 1.807) is 17.1 Å². The summed E-state index contributed by atoms with van der Waals surface area (Å²) in [6.07, 6.45) is 14.8. The lowest BCUT2D eigenvalue weighted by Gasteiger charge is -2.30. The molecule has 1 heterocycles. The van der Waals surface area contributed by atoms with E-state index in [1.165, 1.54) is 50.4 Å². The third kappa shape index (κ3) is 8.41. The highest BCUT2D eigenvalue weighted by molar-refractivity contribution is 8.01. The van der Waals surface area contributed by atoms with Crippen LogP contribution in [0.3, 0.4) is 0 Å². The first-order valence-corrected chi connectivity index (χ1v) is 14.0. The van der Waals surface area contributed by atoms with Gasteiger partial charge in [0.15, 0.2) is 10.0 Å². The van der Waals surface area contributed by atoms with Crippen LogP contribution in [-0.2, 0) is 9.53 Å². The fourth-order valence-corrected chi connectivity index (χ4v) is 7.27. The smallest absolute Gasteiger partial charge is 0.355 e. The van der Waals surface area contributed by atoms with Crippen LogP contribution in [0, 0.1) is 17.8 Å². The molecule has 6 nitrogen and oxygen atoms in total. The summed E-state index contributed by atoms with van der Waals surface area (Å²) in [6, 6.07) is 0. The van der Waals surface area contributed by atoms with E-state index in [0.717, 1.165) is 35.8 Å². The standard InChI is InChI=1S/C25H37NO5S2/c1-17(27)31-22-11-10-19(9-6-13-25(2,30)15-18-7-4-3-5-8-18)20(22)12-14-32-24-26-21(16-33-24)23(28)29/h6,9,16,18-20,22,30H,3-5,7-8,10-15H2,1-2H3,(H,28,29)/b9-6+/t19-,20+,22-,25?/m0/s1.